The molecule has 0 spiro atoms. The van der Waals surface area contributed by atoms with Crippen LogP contribution in [0.1, 0.15) is 51.0 Å². The Morgan fingerprint density at radius 3 is 1.94 bits per heavy atom. The Hall–Kier alpha value is -2.89. The minimum Gasteiger partial charge on any atom is -0.493 e. The van der Waals surface area contributed by atoms with Crippen LogP contribution in [0.15, 0.2) is 18.2 Å². The largest absolute Gasteiger partial charge is 0.493 e. The van der Waals surface area contributed by atoms with Gasteiger partial charge < -0.3 is 30.5 Å². The predicted octanol–water partition coefficient (Wildman–Crippen LogP) is 2.79. The van der Waals surface area contributed by atoms with Crippen molar-refractivity contribution in [2.75, 3.05) is 26.2 Å². The van der Waals surface area contributed by atoms with Crippen LogP contribution in [0.4, 0.5) is 0 Å². The molecule has 2 aliphatic rings. The van der Waals surface area contributed by atoms with Crippen molar-refractivity contribution in [3.05, 3.63) is 28.8 Å². The summed E-state index contributed by atoms with van der Waals surface area (Å²) in [6.45, 7) is 7.22. The molecule has 0 bridgehead atoms. The van der Waals surface area contributed by atoms with Crippen LogP contribution in [0.5, 0.6) is 5.75 Å². The zero-order valence-corrected chi connectivity index (χ0v) is 21.1. The number of nitrogens with zero attached hydrogens (tertiary/aromatic N) is 1. The fourth-order valence-electron chi connectivity index (χ4n) is 3.13. The maximum absolute atomic E-state index is 9.64. The van der Waals surface area contributed by atoms with Gasteiger partial charge in [-0.1, -0.05) is 11.6 Å². The van der Waals surface area contributed by atoms with Gasteiger partial charge in [0.05, 0.1) is 32.3 Å². The maximum atomic E-state index is 9.64. The third kappa shape index (κ3) is 15.9. The molecule has 1 aliphatic heterocycles. The fourth-order valence-corrected chi connectivity index (χ4v) is 3.32. The summed E-state index contributed by atoms with van der Waals surface area (Å²) in [5.74, 6) is -2.52. The van der Waals surface area contributed by atoms with Gasteiger partial charge in [0.1, 0.15) is 5.75 Å². The first kappa shape index (κ1) is 31.1. The second-order valence-corrected chi connectivity index (χ2v) is 9.11. The zero-order valence-electron chi connectivity index (χ0n) is 20.3. The quantitative estimate of drug-likeness (QED) is 0.284. The fraction of sp³-hybridized carbons (Fsp3) is 0.583. The van der Waals surface area contributed by atoms with Crippen molar-refractivity contribution < 1.29 is 44.3 Å². The molecule has 11 nitrogen and oxygen atoms in total. The van der Waals surface area contributed by atoms with Gasteiger partial charge >= 0.3 is 23.9 Å². The van der Waals surface area contributed by atoms with Gasteiger partial charge in [-0.25, -0.2) is 0 Å². The molecule has 2 fully saturated rings. The average Bonchev–Trinajstić information content (AvgIpc) is 3.61. The maximum Gasteiger partial charge on any atom is 0.303 e. The van der Waals surface area contributed by atoms with Crippen molar-refractivity contribution in [1.82, 2.24) is 10.2 Å². The molecule has 202 valence electrons. The smallest absolute Gasteiger partial charge is 0.303 e. The van der Waals surface area contributed by atoms with Crippen LogP contribution in [0.2, 0.25) is 5.02 Å². The van der Waals surface area contributed by atoms with E-state index < -0.39 is 23.9 Å². The van der Waals surface area contributed by atoms with Crippen LogP contribution in [-0.2, 0) is 25.7 Å². The van der Waals surface area contributed by atoms with Crippen LogP contribution in [0.3, 0.4) is 0 Å². The molecule has 1 heterocycles. The third-order valence-electron chi connectivity index (χ3n) is 5.15. The van der Waals surface area contributed by atoms with Crippen LogP contribution in [0.25, 0.3) is 0 Å². The topological polar surface area (TPSA) is 174 Å². The first-order valence-electron chi connectivity index (χ1n) is 11.7. The molecule has 1 aromatic carbocycles. The Kier molecular flexibility index (Phi) is 14.5. The SMILES string of the molecule is C[C@H]1CN(Cc2cc(Cl)ccc2OCC2CC2)CCN1.O=C(O)CCC(=O)O.O=C(O)CCC(=O)O. The number of carbonyl (C=O) groups is 4. The standard InChI is InChI=1S/C16H23ClN2O.2C4H6O4/c1-12-9-19(7-6-18-12)10-14-8-15(17)4-5-16(14)20-11-13-2-3-13;2*5-3(6)1-2-4(7)8/h4-5,8,12-13,18H,2-3,6-7,9-11H2,1H3;2*1-2H2,(H,5,6)(H,7,8)/t12-;;/m0../s1. The molecule has 1 saturated carbocycles. The molecule has 3 rings (SSSR count). The summed E-state index contributed by atoms with van der Waals surface area (Å²) in [6.07, 6.45) is 1.45. The Labute approximate surface area is 215 Å². The van der Waals surface area contributed by atoms with E-state index in [1.807, 2.05) is 12.1 Å². The van der Waals surface area contributed by atoms with E-state index in [0.29, 0.717) is 6.04 Å². The summed E-state index contributed by atoms with van der Waals surface area (Å²) in [5.41, 5.74) is 1.22. The molecule has 1 saturated heterocycles. The lowest BCUT2D eigenvalue weighted by Crippen LogP contribution is -2.48. The normalized spacial score (nSPS) is 17.0. The summed E-state index contributed by atoms with van der Waals surface area (Å²) >= 11 is 6.15. The van der Waals surface area contributed by atoms with Gasteiger partial charge in [0.25, 0.3) is 0 Å². The third-order valence-corrected chi connectivity index (χ3v) is 5.38. The molecule has 0 aromatic heterocycles. The van der Waals surface area contributed by atoms with E-state index in [9.17, 15) is 19.2 Å². The van der Waals surface area contributed by atoms with E-state index in [0.717, 1.165) is 49.5 Å². The number of piperazine rings is 1. The summed E-state index contributed by atoms with van der Waals surface area (Å²) in [6, 6.07) is 6.55. The molecular weight excluding hydrogens is 496 g/mol. The van der Waals surface area contributed by atoms with Crippen molar-refractivity contribution in [2.24, 2.45) is 5.92 Å². The highest BCUT2D eigenvalue weighted by atomic mass is 35.5. The van der Waals surface area contributed by atoms with Gasteiger partial charge in [-0.05, 0) is 43.9 Å². The van der Waals surface area contributed by atoms with E-state index in [1.54, 1.807) is 0 Å². The molecule has 1 aromatic rings. The van der Waals surface area contributed by atoms with Gasteiger partial charge in [-0.3, -0.25) is 24.1 Å². The highest BCUT2D eigenvalue weighted by molar-refractivity contribution is 6.30. The number of carboxylic acid groups (broad SMARTS) is 4. The molecule has 1 aliphatic carbocycles. The average molecular weight is 531 g/mol. The van der Waals surface area contributed by atoms with E-state index in [-0.39, 0.29) is 25.7 Å². The molecule has 1 atom stereocenters. The zero-order chi connectivity index (χ0) is 27.1. The highest BCUT2D eigenvalue weighted by Gasteiger charge is 2.23. The molecular formula is C24H35ClN2O9. The minimum atomic E-state index is -1.08. The van der Waals surface area contributed by atoms with E-state index in [2.05, 4.69) is 23.2 Å². The van der Waals surface area contributed by atoms with E-state index in [4.69, 9.17) is 36.8 Å². The van der Waals surface area contributed by atoms with Crippen molar-refractivity contribution in [3.63, 3.8) is 0 Å². The van der Waals surface area contributed by atoms with E-state index in [1.165, 1.54) is 18.4 Å². The van der Waals surface area contributed by atoms with Gasteiger partial charge in [0.15, 0.2) is 0 Å². The van der Waals surface area contributed by atoms with Crippen LogP contribution in [0, 0.1) is 5.92 Å². The lowest BCUT2D eigenvalue weighted by atomic mass is 10.1. The second-order valence-electron chi connectivity index (χ2n) is 8.67. The predicted molar refractivity (Wildman–Crippen MR) is 131 cm³/mol. The van der Waals surface area contributed by atoms with Crippen LogP contribution >= 0.6 is 11.6 Å². The van der Waals surface area contributed by atoms with Crippen molar-refractivity contribution >= 4 is 35.5 Å². The number of ether oxygens (including phenoxy) is 1. The molecule has 0 radical (unpaired) electrons. The van der Waals surface area contributed by atoms with Gasteiger partial charge in [-0.15, -0.1) is 0 Å². The molecule has 0 unspecified atom stereocenters. The van der Waals surface area contributed by atoms with Crippen molar-refractivity contribution in [2.45, 2.75) is 58.0 Å². The minimum absolute atomic E-state index is 0.296. The summed E-state index contributed by atoms with van der Waals surface area (Å²) in [7, 11) is 0. The van der Waals surface area contributed by atoms with E-state index >= 15 is 0 Å². The van der Waals surface area contributed by atoms with Gasteiger partial charge in [0.2, 0.25) is 0 Å². The Bertz CT molecular complexity index is 821. The summed E-state index contributed by atoms with van der Waals surface area (Å²) in [5, 5.41) is 35.9. The van der Waals surface area contributed by atoms with Crippen molar-refractivity contribution in [1.29, 1.82) is 0 Å². The molecule has 0 amide bonds. The molecule has 12 heteroatoms. The first-order valence-corrected chi connectivity index (χ1v) is 12.1. The van der Waals surface area contributed by atoms with Gasteiger partial charge in [-0.2, -0.15) is 0 Å². The number of carboxylic acids is 4. The molecule has 5 N–H and O–H groups in total. The number of hydrogen-bond donors (Lipinski definition) is 5. The van der Waals surface area contributed by atoms with Gasteiger partial charge in [0, 0.05) is 42.8 Å². The first-order chi connectivity index (χ1) is 17.0. The Morgan fingerprint density at radius 2 is 1.50 bits per heavy atom. The number of benzene rings is 1. The number of aliphatic carboxylic acids is 4. The second kappa shape index (κ2) is 16.7. The number of rotatable bonds is 11. The van der Waals surface area contributed by atoms with Crippen LogP contribution in [-0.4, -0.2) is 81.5 Å². The molecule has 36 heavy (non-hydrogen) atoms. The lowest BCUT2D eigenvalue weighted by molar-refractivity contribution is -0.143. The number of nitrogens with one attached hydrogen (secondary N) is 1. The number of halogens is 1. The number of hydrogen-bond acceptors (Lipinski definition) is 7. The highest BCUT2D eigenvalue weighted by Crippen LogP contribution is 2.31. The Balaban J connectivity index is 0.000000337. The monoisotopic (exact) mass is 530 g/mol. The summed E-state index contributed by atoms with van der Waals surface area (Å²) in [4.78, 5) is 41.0. The summed E-state index contributed by atoms with van der Waals surface area (Å²) < 4.78 is 5.98. The Morgan fingerprint density at radius 1 is 0.972 bits per heavy atom. The van der Waals surface area contributed by atoms with Crippen LogP contribution < -0.4 is 10.1 Å². The lowest BCUT2D eigenvalue weighted by Gasteiger charge is -2.32. The van der Waals surface area contributed by atoms with Crippen molar-refractivity contribution in [3.8, 4) is 5.75 Å².